The van der Waals surface area contributed by atoms with Crippen LogP contribution in [0.2, 0.25) is 5.02 Å². The van der Waals surface area contributed by atoms with Gasteiger partial charge in [-0.2, -0.15) is 0 Å². The van der Waals surface area contributed by atoms with Crippen LogP contribution < -0.4 is 4.74 Å². The minimum atomic E-state index is -0.0360. The fourth-order valence-electron chi connectivity index (χ4n) is 3.49. The SMILES string of the molecule is CCn1ccnc1CN1CCC[C@H](C(=O)c2cc(Cl)ccc2OC)C1. The standard InChI is InChI=1S/C19H24ClN3O2/c1-3-23-10-8-21-18(23)13-22-9-4-5-14(12-22)19(24)16-11-15(20)6-7-17(16)25-2/h6-8,10-11,14H,3-5,9,12-13H2,1-2H3/t14-/m0/s1. The zero-order valence-corrected chi connectivity index (χ0v) is 15.5. The molecule has 0 spiro atoms. The quantitative estimate of drug-likeness (QED) is 0.737. The lowest BCUT2D eigenvalue weighted by atomic mass is 9.89. The van der Waals surface area contributed by atoms with Gasteiger partial charge in [-0.25, -0.2) is 4.98 Å². The summed E-state index contributed by atoms with van der Waals surface area (Å²) in [5.41, 5.74) is 0.580. The number of likely N-dealkylation sites (tertiary alicyclic amines) is 1. The monoisotopic (exact) mass is 361 g/mol. The Morgan fingerprint density at radius 1 is 1.44 bits per heavy atom. The third kappa shape index (κ3) is 4.05. The summed E-state index contributed by atoms with van der Waals surface area (Å²) in [6, 6.07) is 5.22. The van der Waals surface area contributed by atoms with Gasteiger partial charge in [0.15, 0.2) is 5.78 Å². The molecule has 1 aromatic carbocycles. The van der Waals surface area contributed by atoms with E-state index in [4.69, 9.17) is 16.3 Å². The third-order valence-corrected chi connectivity index (χ3v) is 5.05. The van der Waals surface area contributed by atoms with Crippen molar-refractivity contribution in [3.8, 4) is 5.75 Å². The lowest BCUT2D eigenvalue weighted by Gasteiger charge is -2.32. The van der Waals surface area contributed by atoms with Gasteiger partial charge in [0.1, 0.15) is 11.6 Å². The Morgan fingerprint density at radius 2 is 2.28 bits per heavy atom. The molecule has 0 saturated carbocycles. The lowest BCUT2D eigenvalue weighted by Crippen LogP contribution is -2.39. The van der Waals surface area contributed by atoms with E-state index in [-0.39, 0.29) is 11.7 Å². The van der Waals surface area contributed by atoms with Crippen LogP contribution in [0.4, 0.5) is 0 Å². The number of Topliss-reactive ketones (excluding diaryl/α,β-unsaturated/α-hetero) is 1. The molecular formula is C19H24ClN3O2. The summed E-state index contributed by atoms with van der Waals surface area (Å²) in [5.74, 6) is 1.72. The first-order chi connectivity index (χ1) is 12.1. The van der Waals surface area contributed by atoms with Crippen LogP contribution in [-0.4, -0.2) is 40.4 Å². The second kappa shape index (κ2) is 8.02. The summed E-state index contributed by atoms with van der Waals surface area (Å²) >= 11 is 6.08. The Labute approximate surface area is 153 Å². The molecule has 0 radical (unpaired) electrons. The van der Waals surface area contributed by atoms with Crippen LogP contribution in [0.5, 0.6) is 5.75 Å². The molecule has 0 unspecified atom stereocenters. The number of rotatable bonds is 6. The number of halogens is 1. The maximum atomic E-state index is 13.0. The molecule has 25 heavy (non-hydrogen) atoms. The van der Waals surface area contributed by atoms with Crippen molar-refractivity contribution in [1.82, 2.24) is 14.5 Å². The molecule has 134 valence electrons. The number of aromatic nitrogens is 2. The second-order valence-corrected chi connectivity index (χ2v) is 6.85. The summed E-state index contributed by atoms with van der Waals surface area (Å²) < 4.78 is 7.49. The van der Waals surface area contributed by atoms with Crippen molar-refractivity contribution in [3.05, 3.63) is 47.0 Å². The van der Waals surface area contributed by atoms with E-state index in [0.29, 0.717) is 16.3 Å². The lowest BCUT2D eigenvalue weighted by molar-refractivity contribution is 0.0804. The first-order valence-electron chi connectivity index (χ1n) is 8.72. The average molecular weight is 362 g/mol. The van der Waals surface area contributed by atoms with E-state index in [0.717, 1.165) is 44.8 Å². The van der Waals surface area contributed by atoms with Gasteiger partial charge < -0.3 is 9.30 Å². The molecule has 2 heterocycles. The highest BCUT2D eigenvalue weighted by Crippen LogP contribution is 2.29. The van der Waals surface area contributed by atoms with Crippen molar-refractivity contribution < 1.29 is 9.53 Å². The van der Waals surface area contributed by atoms with Gasteiger partial charge in [0, 0.05) is 36.4 Å². The molecule has 5 nitrogen and oxygen atoms in total. The van der Waals surface area contributed by atoms with Crippen LogP contribution >= 0.6 is 11.6 Å². The van der Waals surface area contributed by atoms with Crippen LogP contribution in [0, 0.1) is 5.92 Å². The number of methoxy groups -OCH3 is 1. The van der Waals surface area contributed by atoms with Crippen molar-refractivity contribution >= 4 is 17.4 Å². The van der Waals surface area contributed by atoms with Crippen LogP contribution in [0.15, 0.2) is 30.6 Å². The normalized spacial score (nSPS) is 18.3. The van der Waals surface area contributed by atoms with Crippen LogP contribution in [-0.2, 0) is 13.1 Å². The molecule has 0 aliphatic carbocycles. The van der Waals surface area contributed by atoms with E-state index >= 15 is 0 Å². The molecule has 6 heteroatoms. The van der Waals surface area contributed by atoms with E-state index in [1.54, 1.807) is 25.3 Å². The van der Waals surface area contributed by atoms with Gasteiger partial charge in [-0.05, 0) is 44.5 Å². The maximum Gasteiger partial charge on any atom is 0.170 e. The number of carbonyl (C=O) groups excluding carboxylic acids is 1. The molecule has 1 aliphatic rings. The minimum Gasteiger partial charge on any atom is -0.496 e. The van der Waals surface area contributed by atoms with Gasteiger partial charge in [-0.3, -0.25) is 9.69 Å². The van der Waals surface area contributed by atoms with Gasteiger partial charge in [0.2, 0.25) is 0 Å². The van der Waals surface area contributed by atoms with Crippen LogP contribution in [0.1, 0.15) is 35.9 Å². The third-order valence-electron chi connectivity index (χ3n) is 4.81. The number of ketones is 1. The molecule has 2 aromatic rings. The number of hydrogen-bond donors (Lipinski definition) is 0. The predicted octanol–water partition coefficient (Wildman–Crippen LogP) is 3.66. The molecule has 0 N–H and O–H groups in total. The Kier molecular flexibility index (Phi) is 5.76. The summed E-state index contributed by atoms with van der Waals surface area (Å²) in [6.07, 6.45) is 5.74. The fourth-order valence-corrected chi connectivity index (χ4v) is 3.66. The number of hydrogen-bond acceptors (Lipinski definition) is 4. The van der Waals surface area contributed by atoms with E-state index in [2.05, 4.69) is 21.4 Å². The zero-order valence-electron chi connectivity index (χ0n) is 14.7. The topological polar surface area (TPSA) is 47.4 Å². The first-order valence-corrected chi connectivity index (χ1v) is 9.10. The number of piperidine rings is 1. The van der Waals surface area contributed by atoms with Gasteiger partial charge in [0.25, 0.3) is 0 Å². The molecule has 1 aromatic heterocycles. The van der Waals surface area contributed by atoms with E-state index in [1.807, 2.05) is 12.4 Å². The van der Waals surface area contributed by atoms with Gasteiger partial charge in [-0.1, -0.05) is 11.6 Å². The van der Waals surface area contributed by atoms with Crippen molar-refractivity contribution in [3.63, 3.8) is 0 Å². The molecule has 0 amide bonds. The minimum absolute atomic E-state index is 0.0360. The number of aryl methyl sites for hydroxylation is 1. The van der Waals surface area contributed by atoms with Crippen molar-refractivity contribution in [2.24, 2.45) is 5.92 Å². The number of nitrogens with zero attached hydrogens (tertiary/aromatic N) is 3. The molecule has 1 fully saturated rings. The number of ether oxygens (including phenoxy) is 1. The summed E-state index contributed by atoms with van der Waals surface area (Å²) in [5, 5.41) is 0.557. The summed E-state index contributed by atoms with van der Waals surface area (Å²) in [6.45, 7) is 5.53. The largest absolute Gasteiger partial charge is 0.496 e. The van der Waals surface area contributed by atoms with Crippen LogP contribution in [0.25, 0.3) is 0 Å². The highest BCUT2D eigenvalue weighted by molar-refractivity contribution is 6.31. The number of carbonyl (C=O) groups is 1. The molecule has 1 atom stereocenters. The van der Waals surface area contributed by atoms with Gasteiger partial charge >= 0.3 is 0 Å². The van der Waals surface area contributed by atoms with Crippen LogP contribution in [0.3, 0.4) is 0 Å². The summed E-state index contributed by atoms with van der Waals surface area (Å²) in [4.78, 5) is 19.8. The van der Waals surface area contributed by atoms with E-state index < -0.39 is 0 Å². The summed E-state index contributed by atoms with van der Waals surface area (Å²) in [7, 11) is 1.58. The second-order valence-electron chi connectivity index (χ2n) is 6.41. The zero-order chi connectivity index (χ0) is 17.8. The number of imidazole rings is 1. The Morgan fingerprint density at radius 3 is 3.04 bits per heavy atom. The van der Waals surface area contributed by atoms with Crippen molar-refractivity contribution in [2.45, 2.75) is 32.9 Å². The van der Waals surface area contributed by atoms with Crippen molar-refractivity contribution in [2.75, 3.05) is 20.2 Å². The average Bonchev–Trinajstić information content (AvgIpc) is 3.08. The Hall–Kier alpha value is -1.85. The predicted molar refractivity (Wildman–Crippen MR) is 98.2 cm³/mol. The fraction of sp³-hybridized carbons (Fsp3) is 0.474. The Bertz CT molecular complexity index is 744. The highest BCUT2D eigenvalue weighted by atomic mass is 35.5. The maximum absolute atomic E-state index is 13.0. The molecule has 0 bridgehead atoms. The molecule has 1 aliphatic heterocycles. The number of benzene rings is 1. The van der Waals surface area contributed by atoms with Crippen molar-refractivity contribution in [1.29, 1.82) is 0 Å². The first kappa shape index (κ1) is 18.0. The van der Waals surface area contributed by atoms with E-state index in [1.165, 1.54) is 0 Å². The van der Waals surface area contributed by atoms with Gasteiger partial charge in [-0.15, -0.1) is 0 Å². The molecule has 1 saturated heterocycles. The highest BCUT2D eigenvalue weighted by Gasteiger charge is 2.29. The van der Waals surface area contributed by atoms with E-state index in [9.17, 15) is 4.79 Å². The Balaban J connectivity index is 1.73. The molecule has 3 rings (SSSR count). The molecular weight excluding hydrogens is 338 g/mol. The smallest absolute Gasteiger partial charge is 0.170 e. The van der Waals surface area contributed by atoms with Gasteiger partial charge in [0.05, 0.1) is 19.2 Å².